The molecule has 21 heavy (non-hydrogen) atoms. The number of para-hydroxylation sites is 1. The van der Waals surface area contributed by atoms with Crippen LogP contribution in [-0.4, -0.2) is 12.5 Å². The van der Waals surface area contributed by atoms with E-state index in [1.165, 1.54) is 17.5 Å². The molecule has 1 unspecified atom stereocenters. The monoisotopic (exact) mass is 285 g/mol. The molecule has 1 atom stereocenters. The molecule has 1 amide bonds. The van der Waals surface area contributed by atoms with E-state index < -0.39 is 5.91 Å². The molecule has 0 fully saturated rings. The van der Waals surface area contributed by atoms with Crippen molar-refractivity contribution in [3.8, 4) is 0 Å². The van der Waals surface area contributed by atoms with Gasteiger partial charge in [0.2, 0.25) is 0 Å². The lowest BCUT2D eigenvalue weighted by Crippen LogP contribution is -2.35. The number of nitrogens with two attached hydrogens (primary N) is 1. The molecule has 1 aromatic heterocycles. The number of carbonyl (C=O) groups is 1. The molecule has 0 aliphatic carbocycles. The van der Waals surface area contributed by atoms with E-state index in [1.54, 1.807) is 0 Å². The molecule has 2 aromatic rings. The van der Waals surface area contributed by atoms with Crippen molar-refractivity contribution in [2.45, 2.75) is 19.9 Å². The summed E-state index contributed by atoms with van der Waals surface area (Å²) < 4.78 is 5.25. The Kier molecular flexibility index (Phi) is 3.66. The van der Waals surface area contributed by atoms with Gasteiger partial charge in [0.15, 0.2) is 5.76 Å². The summed E-state index contributed by atoms with van der Waals surface area (Å²) >= 11 is 0. The number of hydrogen-bond acceptors (Lipinski definition) is 4. The second-order valence-electron chi connectivity index (χ2n) is 5.57. The van der Waals surface area contributed by atoms with Crippen molar-refractivity contribution < 1.29 is 9.21 Å². The number of carbonyl (C=O) groups excluding carboxylic acids is 1. The van der Waals surface area contributed by atoms with Gasteiger partial charge in [-0.3, -0.25) is 10.2 Å². The standard InChI is InChI=1S/C16H19N3O2/c1-11-8-12-4-2-3-5-14(12)19(9-11)10-13-6-7-21-15(13)16(20)18-17/h2-7,11H,8-10,17H2,1H3,(H,18,20). The molecule has 0 radical (unpaired) electrons. The van der Waals surface area contributed by atoms with Crippen molar-refractivity contribution in [3.05, 3.63) is 53.5 Å². The maximum absolute atomic E-state index is 11.7. The molecule has 1 aromatic carbocycles. The van der Waals surface area contributed by atoms with E-state index in [9.17, 15) is 4.79 Å². The topological polar surface area (TPSA) is 71.5 Å². The van der Waals surface area contributed by atoms with E-state index in [1.807, 2.05) is 12.1 Å². The zero-order chi connectivity index (χ0) is 14.8. The van der Waals surface area contributed by atoms with E-state index in [0.717, 1.165) is 18.5 Å². The number of nitrogen functional groups attached to an aromatic ring is 1. The molecule has 0 saturated heterocycles. The van der Waals surface area contributed by atoms with Crippen LogP contribution in [-0.2, 0) is 13.0 Å². The van der Waals surface area contributed by atoms with E-state index in [2.05, 4.69) is 35.4 Å². The van der Waals surface area contributed by atoms with Gasteiger partial charge >= 0.3 is 5.91 Å². The van der Waals surface area contributed by atoms with Crippen LogP contribution in [0.2, 0.25) is 0 Å². The molecule has 110 valence electrons. The molecular formula is C16H19N3O2. The Morgan fingerprint density at radius 1 is 1.43 bits per heavy atom. The minimum Gasteiger partial charge on any atom is -0.459 e. The van der Waals surface area contributed by atoms with Gasteiger partial charge in [-0.2, -0.15) is 0 Å². The first-order chi connectivity index (χ1) is 10.2. The molecule has 1 aliphatic heterocycles. The van der Waals surface area contributed by atoms with E-state index in [4.69, 9.17) is 10.3 Å². The number of nitrogens with one attached hydrogen (secondary N) is 1. The smallest absolute Gasteiger partial charge is 0.301 e. The van der Waals surface area contributed by atoms with Crippen LogP contribution in [0.15, 0.2) is 41.0 Å². The predicted octanol–water partition coefficient (Wildman–Crippen LogP) is 2.08. The number of rotatable bonds is 3. The van der Waals surface area contributed by atoms with Gasteiger partial charge in [0, 0.05) is 24.3 Å². The van der Waals surface area contributed by atoms with Crippen LogP contribution in [0.25, 0.3) is 0 Å². The third-order valence-electron chi connectivity index (χ3n) is 3.88. The Morgan fingerprint density at radius 2 is 2.24 bits per heavy atom. The Bertz CT molecular complexity index is 650. The van der Waals surface area contributed by atoms with Gasteiger partial charge in [-0.15, -0.1) is 0 Å². The number of fused-ring (bicyclic) bond motifs is 1. The summed E-state index contributed by atoms with van der Waals surface area (Å²) in [5.74, 6) is 5.66. The number of anilines is 1. The quantitative estimate of drug-likeness (QED) is 0.514. The lowest BCUT2D eigenvalue weighted by Gasteiger charge is -2.34. The Labute approximate surface area is 123 Å². The highest BCUT2D eigenvalue weighted by Gasteiger charge is 2.24. The van der Waals surface area contributed by atoms with Crippen LogP contribution in [0, 0.1) is 5.92 Å². The number of hydrogen-bond donors (Lipinski definition) is 2. The van der Waals surface area contributed by atoms with Gasteiger partial charge in [0.25, 0.3) is 0 Å². The molecule has 0 bridgehead atoms. The predicted molar refractivity (Wildman–Crippen MR) is 80.7 cm³/mol. The van der Waals surface area contributed by atoms with Gasteiger partial charge in [-0.1, -0.05) is 25.1 Å². The maximum Gasteiger partial charge on any atom is 0.301 e. The molecule has 0 spiro atoms. The van der Waals surface area contributed by atoms with Gasteiger partial charge in [0.1, 0.15) is 0 Å². The average molecular weight is 285 g/mol. The fraction of sp³-hybridized carbons (Fsp3) is 0.312. The fourth-order valence-corrected chi connectivity index (χ4v) is 2.99. The summed E-state index contributed by atoms with van der Waals surface area (Å²) in [5, 5.41) is 0. The molecule has 2 heterocycles. The molecular weight excluding hydrogens is 266 g/mol. The Morgan fingerprint density at radius 3 is 3.05 bits per heavy atom. The summed E-state index contributed by atoms with van der Waals surface area (Å²) in [6, 6.07) is 10.2. The van der Waals surface area contributed by atoms with E-state index >= 15 is 0 Å². The Hall–Kier alpha value is -2.27. The fourth-order valence-electron chi connectivity index (χ4n) is 2.99. The molecule has 1 aliphatic rings. The van der Waals surface area contributed by atoms with Crippen LogP contribution in [0.1, 0.15) is 28.6 Å². The van der Waals surface area contributed by atoms with Gasteiger partial charge in [-0.05, 0) is 30.0 Å². The molecule has 3 N–H and O–H groups in total. The van der Waals surface area contributed by atoms with Crippen molar-refractivity contribution in [3.63, 3.8) is 0 Å². The van der Waals surface area contributed by atoms with Crippen molar-refractivity contribution in [1.82, 2.24) is 5.43 Å². The first-order valence-electron chi connectivity index (χ1n) is 7.09. The minimum atomic E-state index is -0.395. The number of amides is 1. The van der Waals surface area contributed by atoms with E-state index in [0.29, 0.717) is 12.5 Å². The molecule has 5 nitrogen and oxygen atoms in total. The average Bonchev–Trinajstić information content (AvgIpc) is 2.94. The van der Waals surface area contributed by atoms with Crippen molar-refractivity contribution in [2.75, 3.05) is 11.4 Å². The van der Waals surface area contributed by atoms with E-state index in [-0.39, 0.29) is 5.76 Å². The van der Waals surface area contributed by atoms with Crippen LogP contribution >= 0.6 is 0 Å². The Balaban J connectivity index is 1.89. The van der Waals surface area contributed by atoms with Gasteiger partial charge < -0.3 is 9.32 Å². The number of nitrogens with zero attached hydrogens (tertiary/aromatic N) is 1. The number of furan rings is 1. The third kappa shape index (κ3) is 2.64. The lowest BCUT2D eigenvalue weighted by atomic mass is 9.93. The zero-order valence-electron chi connectivity index (χ0n) is 12.0. The van der Waals surface area contributed by atoms with Gasteiger partial charge in [-0.25, -0.2) is 5.84 Å². The summed E-state index contributed by atoms with van der Waals surface area (Å²) in [6.07, 6.45) is 2.62. The second kappa shape index (κ2) is 5.61. The third-order valence-corrected chi connectivity index (χ3v) is 3.88. The highest BCUT2D eigenvalue weighted by molar-refractivity contribution is 5.92. The summed E-state index contributed by atoms with van der Waals surface area (Å²) in [6.45, 7) is 3.85. The molecule has 0 saturated carbocycles. The summed E-state index contributed by atoms with van der Waals surface area (Å²) in [5.41, 5.74) is 5.55. The van der Waals surface area contributed by atoms with Crippen molar-refractivity contribution in [2.24, 2.45) is 11.8 Å². The first kappa shape index (κ1) is 13.7. The zero-order valence-corrected chi connectivity index (χ0v) is 12.0. The van der Waals surface area contributed by atoms with Crippen LogP contribution in [0.5, 0.6) is 0 Å². The number of benzene rings is 1. The number of hydrazine groups is 1. The van der Waals surface area contributed by atoms with Crippen molar-refractivity contribution >= 4 is 11.6 Å². The summed E-state index contributed by atoms with van der Waals surface area (Å²) in [4.78, 5) is 14.0. The highest BCUT2D eigenvalue weighted by Crippen LogP contribution is 2.31. The van der Waals surface area contributed by atoms with Crippen LogP contribution in [0.3, 0.4) is 0 Å². The highest BCUT2D eigenvalue weighted by atomic mass is 16.3. The normalized spacial score (nSPS) is 17.4. The maximum atomic E-state index is 11.7. The summed E-state index contributed by atoms with van der Waals surface area (Å²) in [7, 11) is 0. The molecule has 3 rings (SSSR count). The largest absolute Gasteiger partial charge is 0.459 e. The van der Waals surface area contributed by atoms with Gasteiger partial charge in [0.05, 0.1) is 6.26 Å². The SMILES string of the molecule is CC1Cc2ccccc2N(Cc2ccoc2C(=O)NN)C1. The first-order valence-corrected chi connectivity index (χ1v) is 7.09. The van der Waals surface area contributed by atoms with Crippen LogP contribution < -0.4 is 16.2 Å². The van der Waals surface area contributed by atoms with Crippen LogP contribution in [0.4, 0.5) is 5.69 Å². The lowest BCUT2D eigenvalue weighted by molar-refractivity contribution is 0.0924. The molecule has 5 heteroatoms. The minimum absolute atomic E-state index is 0.285. The van der Waals surface area contributed by atoms with Crippen molar-refractivity contribution in [1.29, 1.82) is 0 Å². The second-order valence-corrected chi connectivity index (χ2v) is 5.57.